The number of fused-ring (bicyclic) bond motifs is 4. The Kier molecular flexibility index (Phi) is 7.73. The van der Waals surface area contributed by atoms with E-state index in [4.69, 9.17) is 23.6 Å². The Morgan fingerprint density at radius 1 is 1.05 bits per heavy atom. The molecule has 0 radical (unpaired) electrons. The minimum Gasteiger partial charge on any atom is -0.464 e. The molecule has 0 N–H and O–H groups in total. The van der Waals surface area contributed by atoms with Gasteiger partial charge in [-0.1, -0.05) is 46.8 Å². The number of rotatable bonds is 4. The molecule has 1 aromatic carbocycles. The number of ether oxygens (including phenoxy) is 3. The Morgan fingerprint density at radius 2 is 1.67 bits per heavy atom. The molecule has 2 aromatic rings. The summed E-state index contributed by atoms with van der Waals surface area (Å²) < 4.78 is 65.3. The summed E-state index contributed by atoms with van der Waals surface area (Å²) in [4.78, 5) is 18.3. The third-order valence-corrected chi connectivity index (χ3v) is 14.1. The third-order valence-electron chi connectivity index (χ3n) is 9.58. The van der Waals surface area contributed by atoms with Crippen LogP contribution in [0, 0.1) is 5.41 Å². The van der Waals surface area contributed by atoms with Gasteiger partial charge in [-0.2, -0.15) is 13.2 Å². The molecule has 3 aliphatic rings. The summed E-state index contributed by atoms with van der Waals surface area (Å²) in [5.41, 5.74) is 2.24. The Hall–Kier alpha value is -2.27. The van der Waals surface area contributed by atoms with E-state index in [1.165, 1.54) is 19.2 Å². The van der Waals surface area contributed by atoms with E-state index in [1.807, 2.05) is 0 Å². The number of hydrogen-bond acceptors (Lipinski definition) is 6. The lowest BCUT2D eigenvalue weighted by Gasteiger charge is -2.46. The van der Waals surface area contributed by atoms with Crippen molar-refractivity contribution in [1.29, 1.82) is 0 Å². The lowest BCUT2D eigenvalue weighted by molar-refractivity contribution is -0.137. The normalized spacial score (nSPS) is 23.4. The first kappa shape index (κ1) is 31.2. The van der Waals surface area contributed by atoms with E-state index in [2.05, 4.69) is 47.7 Å². The van der Waals surface area contributed by atoms with Crippen LogP contribution in [0.4, 0.5) is 13.2 Å². The Morgan fingerprint density at radius 3 is 2.21 bits per heavy atom. The van der Waals surface area contributed by atoms with E-state index in [0.29, 0.717) is 43.6 Å². The average molecular weight is 606 g/mol. The molecule has 0 amide bonds. The zero-order valence-electron chi connectivity index (χ0n) is 25.8. The van der Waals surface area contributed by atoms with E-state index < -0.39 is 37.7 Å². The maximum Gasteiger partial charge on any atom is 0.416 e. The van der Waals surface area contributed by atoms with Crippen molar-refractivity contribution in [2.75, 3.05) is 20.3 Å². The summed E-state index contributed by atoms with van der Waals surface area (Å²) >= 11 is 0. The van der Waals surface area contributed by atoms with Crippen LogP contribution in [0.3, 0.4) is 0 Å². The molecule has 6 nitrogen and oxygen atoms in total. The van der Waals surface area contributed by atoms with Gasteiger partial charge in [-0.25, -0.2) is 9.78 Å². The zero-order valence-corrected chi connectivity index (χ0v) is 26.8. The van der Waals surface area contributed by atoms with Gasteiger partial charge in [0.2, 0.25) is 0 Å². The van der Waals surface area contributed by atoms with Crippen LogP contribution in [-0.2, 0) is 36.8 Å². The molecule has 1 saturated heterocycles. The van der Waals surface area contributed by atoms with E-state index in [1.54, 1.807) is 0 Å². The molecule has 2 unspecified atom stereocenters. The molecule has 1 spiro atoms. The van der Waals surface area contributed by atoms with Gasteiger partial charge in [0.15, 0.2) is 14.0 Å². The van der Waals surface area contributed by atoms with Crippen molar-refractivity contribution >= 4 is 14.3 Å². The zero-order chi connectivity index (χ0) is 30.9. The molecule has 3 heterocycles. The number of aromatic nitrogens is 1. The summed E-state index contributed by atoms with van der Waals surface area (Å²) in [5, 5.41) is -0.0348. The highest BCUT2D eigenvalue weighted by molar-refractivity contribution is 6.74. The number of carbonyl (C=O) groups excluding carboxylic acids is 1. The van der Waals surface area contributed by atoms with E-state index in [-0.39, 0.29) is 22.3 Å². The van der Waals surface area contributed by atoms with Gasteiger partial charge in [-0.3, -0.25) is 0 Å². The van der Waals surface area contributed by atoms with E-state index >= 15 is 0 Å². The van der Waals surface area contributed by atoms with Gasteiger partial charge in [0.05, 0.1) is 24.4 Å². The average Bonchev–Trinajstić information content (AvgIpc) is 3.20. The van der Waals surface area contributed by atoms with Gasteiger partial charge < -0.3 is 18.6 Å². The van der Waals surface area contributed by atoms with Crippen LogP contribution in [0.15, 0.2) is 24.3 Å². The molecular formula is C32H42F3NO5Si. The van der Waals surface area contributed by atoms with Crippen LogP contribution in [-0.4, -0.2) is 39.6 Å². The lowest BCUT2D eigenvalue weighted by atomic mass is 9.70. The largest absolute Gasteiger partial charge is 0.464 e. The summed E-state index contributed by atoms with van der Waals surface area (Å²) in [7, 11) is -0.940. The number of pyridine rings is 1. The number of methoxy groups -OCH3 is 1. The van der Waals surface area contributed by atoms with Crippen LogP contribution in [0.25, 0.3) is 0 Å². The van der Waals surface area contributed by atoms with Crippen molar-refractivity contribution in [3.8, 4) is 0 Å². The number of hydrogen-bond donors (Lipinski definition) is 0. The Bertz CT molecular complexity index is 1360. The van der Waals surface area contributed by atoms with Gasteiger partial charge >= 0.3 is 12.1 Å². The number of halogens is 3. The first-order chi connectivity index (χ1) is 19.4. The topological polar surface area (TPSA) is 66.9 Å². The highest BCUT2D eigenvalue weighted by Gasteiger charge is 2.54. The molecule has 5 rings (SSSR count). The van der Waals surface area contributed by atoms with Gasteiger partial charge in [-0.15, -0.1) is 0 Å². The molecule has 0 saturated carbocycles. The highest BCUT2D eigenvalue weighted by Crippen LogP contribution is 2.58. The predicted molar refractivity (Wildman–Crippen MR) is 155 cm³/mol. The first-order valence-corrected chi connectivity index (χ1v) is 17.6. The van der Waals surface area contributed by atoms with Gasteiger partial charge in [0.25, 0.3) is 0 Å². The number of alkyl halides is 3. The van der Waals surface area contributed by atoms with E-state index in [9.17, 15) is 18.0 Å². The molecule has 1 aliphatic carbocycles. The maximum atomic E-state index is 13.4. The fraction of sp³-hybridized carbons (Fsp3) is 0.625. The first-order valence-electron chi connectivity index (χ1n) is 14.7. The minimum absolute atomic E-state index is 0.0348. The number of nitrogens with zero attached hydrogens (tertiary/aromatic N) is 1. The molecule has 230 valence electrons. The Balaban J connectivity index is 1.78. The fourth-order valence-electron chi connectivity index (χ4n) is 6.40. The van der Waals surface area contributed by atoms with Crippen LogP contribution in [0.2, 0.25) is 18.1 Å². The van der Waals surface area contributed by atoms with Crippen LogP contribution in [0.1, 0.15) is 110 Å². The second kappa shape index (κ2) is 10.4. The van der Waals surface area contributed by atoms with Crippen molar-refractivity contribution in [2.45, 2.75) is 102 Å². The molecule has 0 bridgehead atoms. The smallest absolute Gasteiger partial charge is 0.416 e. The summed E-state index contributed by atoms with van der Waals surface area (Å²) in [6.07, 6.45) is -3.02. The monoisotopic (exact) mass is 605 g/mol. The summed E-state index contributed by atoms with van der Waals surface area (Å²) in [6.45, 7) is 16.4. The van der Waals surface area contributed by atoms with Crippen LogP contribution in [0.5, 0.6) is 0 Å². The molecule has 2 aliphatic heterocycles. The van der Waals surface area contributed by atoms with Gasteiger partial charge in [0.1, 0.15) is 6.10 Å². The number of carbonyl (C=O) groups is 1. The fourth-order valence-corrected chi connectivity index (χ4v) is 7.67. The lowest BCUT2D eigenvalue weighted by Crippen LogP contribution is -2.45. The van der Waals surface area contributed by atoms with Crippen LogP contribution >= 0.6 is 0 Å². The standard InChI is InChI=1S/C32H42F3NO5Si/c1-29(2,3)42(7,8)41-22-18-30(4,5)17-21-23(22)25-24(26(36-21)28(37)38-6)27(40-31(25)13-15-39-16-14-31)19-9-11-20(12-10-19)32(33,34)35/h9-12,22,27H,13-18H2,1-8H3. The van der Waals surface area contributed by atoms with E-state index in [0.717, 1.165) is 35.4 Å². The summed E-state index contributed by atoms with van der Waals surface area (Å²) in [6, 6.07) is 4.98. The maximum absolute atomic E-state index is 13.4. The number of esters is 1. The number of benzene rings is 1. The molecular weight excluding hydrogens is 563 g/mol. The molecule has 1 aromatic heterocycles. The van der Waals surface area contributed by atoms with Crippen molar-refractivity contribution in [1.82, 2.24) is 4.98 Å². The van der Waals surface area contributed by atoms with Crippen molar-refractivity contribution in [3.63, 3.8) is 0 Å². The van der Waals surface area contributed by atoms with Crippen molar-refractivity contribution in [3.05, 3.63) is 63.5 Å². The van der Waals surface area contributed by atoms with Gasteiger partial charge in [-0.05, 0) is 54.1 Å². The summed E-state index contributed by atoms with van der Waals surface area (Å²) in [5.74, 6) is -0.594. The molecule has 1 fully saturated rings. The highest BCUT2D eigenvalue weighted by atomic mass is 28.4. The molecule has 10 heteroatoms. The quantitative estimate of drug-likeness (QED) is 0.260. The SMILES string of the molecule is COC(=O)c1nc2c(c3c1C(c1ccc(C(F)(F)F)cc1)OC31CCOCC1)C(O[Si](C)(C)C(C)(C)C)CC(C)(C)C2. The molecule has 2 atom stereocenters. The predicted octanol–water partition coefficient (Wildman–Crippen LogP) is 8.05. The second-order valence-corrected chi connectivity index (χ2v) is 19.0. The van der Waals surface area contributed by atoms with Gasteiger partial charge in [0, 0.05) is 48.4 Å². The van der Waals surface area contributed by atoms with Crippen molar-refractivity contribution < 1.29 is 36.6 Å². The second-order valence-electron chi connectivity index (χ2n) is 14.2. The Labute approximate surface area is 247 Å². The van der Waals surface area contributed by atoms with Crippen LogP contribution < -0.4 is 0 Å². The third kappa shape index (κ3) is 5.44. The molecule has 42 heavy (non-hydrogen) atoms. The minimum atomic E-state index is -4.46. The van der Waals surface area contributed by atoms with Crippen molar-refractivity contribution in [2.24, 2.45) is 5.41 Å².